The fourth-order valence-electron chi connectivity index (χ4n) is 1.17. The third-order valence-electron chi connectivity index (χ3n) is 1.94. The number of hydrogen-bond donors (Lipinski definition) is 1. The fraction of sp³-hybridized carbons (Fsp3) is 0.778. The van der Waals surface area contributed by atoms with E-state index in [2.05, 4.69) is 22.3 Å². The summed E-state index contributed by atoms with van der Waals surface area (Å²) < 4.78 is 1.84. The Bertz CT molecular complexity index is 195. The summed E-state index contributed by atoms with van der Waals surface area (Å²) >= 11 is 0. The summed E-state index contributed by atoms with van der Waals surface area (Å²) in [6.07, 6.45) is 7.18. The van der Waals surface area contributed by atoms with Crippen LogP contribution in [-0.4, -0.2) is 27.9 Å². The van der Waals surface area contributed by atoms with Gasteiger partial charge in [-0.15, -0.1) is 0 Å². The third-order valence-corrected chi connectivity index (χ3v) is 1.94. The molecule has 1 rings (SSSR count). The van der Waals surface area contributed by atoms with Crippen LogP contribution >= 0.6 is 0 Å². The van der Waals surface area contributed by atoms with Crippen LogP contribution in [0.2, 0.25) is 0 Å². The molecule has 0 fully saturated rings. The Hall–Kier alpha value is -0.900. The number of aromatic nitrogens is 3. The number of nitrogens with zero attached hydrogens (tertiary/aromatic N) is 3. The Morgan fingerprint density at radius 2 is 2.23 bits per heavy atom. The molecule has 1 N–H and O–H groups in total. The minimum absolute atomic E-state index is 0.909. The van der Waals surface area contributed by atoms with E-state index in [1.807, 2.05) is 4.68 Å². The van der Waals surface area contributed by atoms with Crippen molar-refractivity contribution >= 4 is 0 Å². The summed E-state index contributed by atoms with van der Waals surface area (Å²) in [5.74, 6) is 0. The Morgan fingerprint density at radius 3 is 2.92 bits per heavy atom. The number of hydrogen-bond acceptors (Lipinski definition) is 3. The lowest BCUT2D eigenvalue weighted by molar-refractivity contribution is 0.538. The number of unbranched alkanes of at least 4 members (excludes halogenated alkanes) is 2. The van der Waals surface area contributed by atoms with Gasteiger partial charge in [-0.25, -0.2) is 4.98 Å². The molecular weight excluding hydrogens is 164 g/mol. The van der Waals surface area contributed by atoms with E-state index in [-0.39, 0.29) is 0 Å². The lowest BCUT2D eigenvalue weighted by atomic mass is 10.2. The minimum Gasteiger partial charge on any atom is -0.315 e. The third kappa shape index (κ3) is 4.62. The molecule has 0 aliphatic carbocycles. The van der Waals surface area contributed by atoms with Crippen LogP contribution in [0.5, 0.6) is 0 Å². The molecule has 74 valence electrons. The standard InChI is InChI=1S/C9H18N4/c1-2-3-4-5-10-6-7-13-9-11-8-12-13/h8-10H,2-7H2,1H3. The lowest BCUT2D eigenvalue weighted by Crippen LogP contribution is -2.21. The van der Waals surface area contributed by atoms with Gasteiger partial charge in [-0.3, -0.25) is 4.68 Å². The van der Waals surface area contributed by atoms with Crippen molar-refractivity contribution < 1.29 is 0 Å². The van der Waals surface area contributed by atoms with Crippen molar-refractivity contribution in [1.29, 1.82) is 0 Å². The van der Waals surface area contributed by atoms with Gasteiger partial charge in [-0.2, -0.15) is 5.10 Å². The van der Waals surface area contributed by atoms with Crippen LogP contribution in [0.15, 0.2) is 12.7 Å². The molecule has 0 aliphatic rings. The first-order valence-electron chi connectivity index (χ1n) is 4.96. The summed E-state index contributed by atoms with van der Waals surface area (Å²) in [5.41, 5.74) is 0. The van der Waals surface area contributed by atoms with E-state index in [1.54, 1.807) is 12.7 Å². The molecule has 0 atom stereocenters. The zero-order valence-electron chi connectivity index (χ0n) is 8.24. The van der Waals surface area contributed by atoms with Gasteiger partial charge in [0.2, 0.25) is 0 Å². The number of rotatable bonds is 7. The quantitative estimate of drug-likeness (QED) is 0.641. The van der Waals surface area contributed by atoms with Crippen LogP contribution in [-0.2, 0) is 6.54 Å². The minimum atomic E-state index is 0.909. The van der Waals surface area contributed by atoms with Crippen molar-refractivity contribution in [1.82, 2.24) is 20.1 Å². The van der Waals surface area contributed by atoms with Gasteiger partial charge >= 0.3 is 0 Å². The van der Waals surface area contributed by atoms with Crippen LogP contribution in [0.4, 0.5) is 0 Å². The van der Waals surface area contributed by atoms with E-state index in [4.69, 9.17) is 0 Å². The van der Waals surface area contributed by atoms with E-state index < -0.39 is 0 Å². The normalized spacial score (nSPS) is 10.5. The van der Waals surface area contributed by atoms with Gasteiger partial charge in [-0.05, 0) is 13.0 Å². The van der Waals surface area contributed by atoms with Crippen molar-refractivity contribution in [2.45, 2.75) is 32.7 Å². The topological polar surface area (TPSA) is 42.7 Å². The van der Waals surface area contributed by atoms with Crippen LogP contribution in [0.1, 0.15) is 26.2 Å². The summed E-state index contributed by atoms with van der Waals surface area (Å²) in [6.45, 7) is 5.22. The van der Waals surface area contributed by atoms with Gasteiger partial charge < -0.3 is 5.32 Å². The smallest absolute Gasteiger partial charge is 0.137 e. The largest absolute Gasteiger partial charge is 0.315 e. The molecular formula is C9H18N4. The fourth-order valence-corrected chi connectivity index (χ4v) is 1.17. The summed E-state index contributed by atoms with van der Waals surface area (Å²) in [4.78, 5) is 3.87. The maximum absolute atomic E-state index is 4.02. The molecule has 0 amide bonds. The summed E-state index contributed by atoms with van der Waals surface area (Å²) in [6, 6.07) is 0. The molecule has 0 saturated heterocycles. The number of nitrogens with one attached hydrogen (secondary N) is 1. The van der Waals surface area contributed by atoms with E-state index in [9.17, 15) is 0 Å². The first kappa shape index (κ1) is 10.2. The lowest BCUT2D eigenvalue weighted by Gasteiger charge is -2.03. The average Bonchev–Trinajstić information content (AvgIpc) is 2.63. The van der Waals surface area contributed by atoms with Crippen LogP contribution in [0.25, 0.3) is 0 Å². The van der Waals surface area contributed by atoms with Gasteiger partial charge in [0.25, 0.3) is 0 Å². The van der Waals surface area contributed by atoms with Crippen LogP contribution in [0.3, 0.4) is 0 Å². The first-order chi connectivity index (χ1) is 6.43. The SMILES string of the molecule is CCCCCNCCn1cncn1. The van der Waals surface area contributed by atoms with Gasteiger partial charge in [-0.1, -0.05) is 19.8 Å². The molecule has 4 heteroatoms. The van der Waals surface area contributed by atoms with Crippen molar-refractivity contribution in [2.24, 2.45) is 0 Å². The predicted octanol–water partition coefficient (Wildman–Crippen LogP) is 1.06. The van der Waals surface area contributed by atoms with E-state index in [0.29, 0.717) is 0 Å². The maximum Gasteiger partial charge on any atom is 0.137 e. The predicted molar refractivity (Wildman–Crippen MR) is 52.4 cm³/mol. The highest BCUT2D eigenvalue weighted by Gasteiger charge is 1.90. The second kappa shape index (κ2) is 6.60. The van der Waals surface area contributed by atoms with Gasteiger partial charge in [0.05, 0.1) is 6.54 Å². The van der Waals surface area contributed by atoms with E-state index >= 15 is 0 Å². The highest BCUT2D eigenvalue weighted by Crippen LogP contribution is 1.90. The molecule has 0 saturated carbocycles. The van der Waals surface area contributed by atoms with E-state index in [0.717, 1.165) is 19.6 Å². The zero-order valence-corrected chi connectivity index (χ0v) is 8.24. The molecule has 1 heterocycles. The zero-order chi connectivity index (χ0) is 9.36. The molecule has 13 heavy (non-hydrogen) atoms. The molecule has 1 aromatic rings. The first-order valence-corrected chi connectivity index (χ1v) is 4.96. The maximum atomic E-state index is 4.02. The molecule has 4 nitrogen and oxygen atoms in total. The van der Waals surface area contributed by atoms with Gasteiger partial charge in [0, 0.05) is 6.54 Å². The molecule has 0 spiro atoms. The van der Waals surface area contributed by atoms with E-state index in [1.165, 1.54) is 19.3 Å². The van der Waals surface area contributed by atoms with Crippen molar-refractivity contribution in [2.75, 3.05) is 13.1 Å². The van der Waals surface area contributed by atoms with Crippen molar-refractivity contribution in [3.63, 3.8) is 0 Å². The molecule has 0 radical (unpaired) electrons. The second-order valence-corrected chi connectivity index (χ2v) is 3.12. The highest BCUT2D eigenvalue weighted by molar-refractivity contribution is 4.57. The van der Waals surface area contributed by atoms with Crippen LogP contribution < -0.4 is 5.32 Å². The molecule has 1 aromatic heterocycles. The summed E-state index contributed by atoms with van der Waals surface area (Å²) in [7, 11) is 0. The highest BCUT2D eigenvalue weighted by atomic mass is 15.3. The average molecular weight is 182 g/mol. The monoisotopic (exact) mass is 182 g/mol. The molecule has 0 aliphatic heterocycles. The second-order valence-electron chi connectivity index (χ2n) is 3.12. The van der Waals surface area contributed by atoms with Gasteiger partial charge in [0.15, 0.2) is 0 Å². The van der Waals surface area contributed by atoms with Crippen LogP contribution in [0, 0.1) is 0 Å². The summed E-state index contributed by atoms with van der Waals surface area (Å²) in [5, 5.41) is 7.39. The Balaban J connectivity index is 1.90. The Kier molecular flexibility index (Phi) is 5.17. The Morgan fingerprint density at radius 1 is 1.31 bits per heavy atom. The molecule has 0 bridgehead atoms. The van der Waals surface area contributed by atoms with Crippen molar-refractivity contribution in [3.05, 3.63) is 12.7 Å². The molecule has 0 unspecified atom stereocenters. The molecule has 0 aromatic carbocycles. The van der Waals surface area contributed by atoms with Crippen molar-refractivity contribution in [3.8, 4) is 0 Å². The van der Waals surface area contributed by atoms with Gasteiger partial charge in [0.1, 0.15) is 12.7 Å². The Labute approximate surface area is 79.4 Å².